The Morgan fingerprint density at radius 2 is 2.03 bits per heavy atom. The van der Waals surface area contributed by atoms with Crippen LogP contribution in [-0.2, 0) is 19.8 Å². The highest BCUT2D eigenvalue weighted by molar-refractivity contribution is 5.96. The molecule has 0 bridgehead atoms. The molecule has 0 saturated heterocycles. The number of amides is 1. The van der Waals surface area contributed by atoms with E-state index in [0.29, 0.717) is 11.1 Å². The molecule has 2 heterocycles. The van der Waals surface area contributed by atoms with E-state index in [-0.39, 0.29) is 40.6 Å². The second-order valence-electron chi connectivity index (χ2n) is 9.50. The van der Waals surface area contributed by atoms with Gasteiger partial charge in [0.1, 0.15) is 6.26 Å². The van der Waals surface area contributed by atoms with Crippen LogP contribution in [0.2, 0.25) is 0 Å². The van der Waals surface area contributed by atoms with Crippen LogP contribution in [0.15, 0.2) is 59.5 Å². The number of oxazole rings is 1. The Morgan fingerprint density at radius 1 is 1.26 bits per heavy atom. The lowest BCUT2D eigenvalue weighted by Gasteiger charge is -2.20. The first kappa shape index (κ1) is 26.3. The van der Waals surface area contributed by atoms with Crippen LogP contribution in [0.1, 0.15) is 46.1 Å². The van der Waals surface area contributed by atoms with Crippen molar-refractivity contribution in [3.05, 3.63) is 88.9 Å². The zero-order chi connectivity index (χ0) is 27.9. The molecule has 1 amide bonds. The van der Waals surface area contributed by atoms with Crippen molar-refractivity contribution in [3.8, 4) is 16.9 Å². The Kier molecular flexibility index (Phi) is 6.79. The molecule has 0 spiro atoms. The molecule has 204 valence electrons. The van der Waals surface area contributed by atoms with E-state index in [2.05, 4.69) is 10.4 Å². The molecule has 4 aromatic rings. The highest BCUT2D eigenvalue weighted by Gasteiger charge is 2.38. The zero-order valence-electron chi connectivity index (χ0n) is 21.1. The van der Waals surface area contributed by atoms with Crippen molar-refractivity contribution in [2.45, 2.75) is 31.6 Å². The number of hydrogen-bond acceptors (Lipinski definition) is 5. The summed E-state index contributed by atoms with van der Waals surface area (Å²) < 4.78 is 68.0. The Balaban J connectivity index is 1.55. The summed E-state index contributed by atoms with van der Waals surface area (Å²) in [4.78, 5) is 13.6. The molecule has 5 rings (SSSR count). The van der Waals surface area contributed by atoms with Crippen molar-refractivity contribution in [2.24, 2.45) is 13.0 Å². The highest BCUT2D eigenvalue weighted by Crippen LogP contribution is 2.42. The number of halogens is 4. The molecule has 2 N–H and O–H groups in total. The Hall–Kier alpha value is -4.35. The van der Waals surface area contributed by atoms with Gasteiger partial charge in [0, 0.05) is 30.6 Å². The fourth-order valence-electron chi connectivity index (χ4n) is 4.60. The topological polar surface area (TPSA) is 98.1 Å². The number of aromatic nitrogens is 3. The molecule has 1 atom stereocenters. The van der Waals surface area contributed by atoms with E-state index in [9.17, 15) is 22.4 Å². The predicted molar refractivity (Wildman–Crippen MR) is 131 cm³/mol. The third kappa shape index (κ3) is 5.59. The van der Waals surface area contributed by atoms with E-state index in [1.807, 2.05) is 0 Å². The lowest BCUT2D eigenvalue weighted by atomic mass is 9.98. The first-order valence-corrected chi connectivity index (χ1v) is 12.1. The molecule has 1 fully saturated rings. The van der Waals surface area contributed by atoms with Gasteiger partial charge in [-0.15, -0.1) is 0 Å². The first-order valence-electron chi connectivity index (χ1n) is 12.1. The van der Waals surface area contributed by atoms with Gasteiger partial charge in [0.15, 0.2) is 17.3 Å². The van der Waals surface area contributed by atoms with Crippen LogP contribution >= 0.6 is 0 Å². The summed E-state index contributed by atoms with van der Waals surface area (Å²) in [7, 11) is 2.75. The van der Waals surface area contributed by atoms with E-state index in [1.165, 1.54) is 61.6 Å². The molecule has 39 heavy (non-hydrogen) atoms. The summed E-state index contributed by atoms with van der Waals surface area (Å²) >= 11 is 0. The quantitative estimate of drug-likeness (QED) is 0.304. The van der Waals surface area contributed by atoms with Gasteiger partial charge in [-0.3, -0.25) is 19.5 Å². The molecule has 0 aliphatic heterocycles. The number of carbonyl (C=O) groups is 1. The molecule has 1 aliphatic carbocycles. The van der Waals surface area contributed by atoms with E-state index in [0.717, 1.165) is 17.5 Å². The number of nitrogens with one attached hydrogen (secondary N) is 2. The van der Waals surface area contributed by atoms with Gasteiger partial charge in [-0.2, -0.15) is 18.3 Å². The number of rotatable bonds is 8. The van der Waals surface area contributed by atoms with Gasteiger partial charge in [-0.25, -0.2) is 4.39 Å². The molecule has 1 aliphatic rings. The molecule has 12 heteroatoms. The third-order valence-corrected chi connectivity index (χ3v) is 6.61. The summed E-state index contributed by atoms with van der Waals surface area (Å²) in [5, 5.41) is 14.5. The maximum absolute atomic E-state index is 14.0. The van der Waals surface area contributed by atoms with Crippen molar-refractivity contribution in [3.63, 3.8) is 0 Å². The summed E-state index contributed by atoms with van der Waals surface area (Å²) in [5.74, 6) is -0.841. The predicted octanol–water partition coefficient (Wildman–Crippen LogP) is 5.06. The smallest absolute Gasteiger partial charge is 0.435 e. The Labute approximate surface area is 220 Å². The number of aryl methyl sites for hydroxylation is 1. The maximum atomic E-state index is 14.0. The number of alkyl halides is 3. The van der Waals surface area contributed by atoms with Crippen molar-refractivity contribution in [2.75, 3.05) is 7.11 Å². The largest absolute Gasteiger partial charge is 0.494 e. The zero-order valence-corrected chi connectivity index (χ0v) is 21.1. The lowest BCUT2D eigenvalue weighted by molar-refractivity contribution is -0.140. The first-order chi connectivity index (χ1) is 18.5. The van der Waals surface area contributed by atoms with E-state index < -0.39 is 29.6 Å². The van der Waals surface area contributed by atoms with Gasteiger partial charge >= 0.3 is 6.18 Å². The summed E-state index contributed by atoms with van der Waals surface area (Å²) in [6.07, 6.45) is 1.11. The fraction of sp³-hybridized carbons (Fsp3) is 0.296. The van der Waals surface area contributed by atoms with Crippen LogP contribution in [0.3, 0.4) is 0 Å². The standard InChI is InChI=1S/C27H25F4N5O3/c1-35-14-20(24(34-35)27(29,30)31)18-9-15(13-36-7-8-39-26(36)32)10-19(11-18)25(37)33-23(16-3-4-16)17-5-6-21(28)22(12-17)38-2/h5-12,14,16,23,32H,3-4,13H2,1-2H3,(H,33,37). The molecular weight excluding hydrogens is 518 g/mol. The van der Waals surface area contributed by atoms with Crippen molar-refractivity contribution in [1.29, 1.82) is 5.41 Å². The molecule has 1 saturated carbocycles. The third-order valence-electron chi connectivity index (χ3n) is 6.61. The summed E-state index contributed by atoms with van der Waals surface area (Å²) in [6.45, 7) is 0.0896. The summed E-state index contributed by atoms with van der Waals surface area (Å²) in [6, 6.07) is 8.45. The molecule has 1 unspecified atom stereocenters. The SMILES string of the molecule is COc1cc(C(NC(=O)c2cc(Cn3ccoc3=N)cc(-c3cn(C)nc3C(F)(F)F)c2)C2CC2)ccc1F. The van der Waals surface area contributed by atoms with Gasteiger partial charge in [0.2, 0.25) is 0 Å². The molecular formula is C27H25F4N5O3. The van der Waals surface area contributed by atoms with E-state index in [4.69, 9.17) is 14.6 Å². The minimum absolute atomic E-state index is 0.0521. The van der Waals surface area contributed by atoms with Crippen LogP contribution in [0, 0.1) is 17.1 Å². The maximum Gasteiger partial charge on any atom is 0.435 e. The number of methoxy groups -OCH3 is 1. The average Bonchev–Trinajstić information content (AvgIpc) is 3.53. The van der Waals surface area contributed by atoms with Crippen molar-refractivity contribution < 1.29 is 31.5 Å². The minimum Gasteiger partial charge on any atom is -0.494 e. The van der Waals surface area contributed by atoms with Gasteiger partial charge < -0.3 is 14.5 Å². The molecule has 2 aromatic heterocycles. The molecule has 2 aromatic carbocycles. The highest BCUT2D eigenvalue weighted by atomic mass is 19.4. The van der Waals surface area contributed by atoms with Crippen LogP contribution in [0.25, 0.3) is 11.1 Å². The number of benzene rings is 2. The summed E-state index contributed by atoms with van der Waals surface area (Å²) in [5.41, 5.74) is 0.0461. The normalized spacial score (nSPS) is 14.3. The van der Waals surface area contributed by atoms with Crippen LogP contribution in [-0.4, -0.2) is 27.4 Å². The van der Waals surface area contributed by atoms with E-state index in [1.54, 1.807) is 12.1 Å². The fourth-order valence-corrected chi connectivity index (χ4v) is 4.60. The molecule has 0 radical (unpaired) electrons. The number of nitrogens with zero attached hydrogens (tertiary/aromatic N) is 3. The number of hydrogen-bond donors (Lipinski definition) is 2. The lowest BCUT2D eigenvalue weighted by Crippen LogP contribution is -2.30. The monoisotopic (exact) mass is 543 g/mol. The second-order valence-corrected chi connectivity index (χ2v) is 9.50. The molecule has 8 nitrogen and oxygen atoms in total. The minimum atomic E-state index is -4.71. The van der Waals surface area contributed by atoms with Gasteiger partial charge in [-0.1, -0.05) is 6.07 Å². The Morgan fingerprint density at radius 3 is 2.67 bits per heavy atom. The Bertz CT molecular complexity index is 1580. The van der Waals surface area contributed by atoms with Gasteiger partial charge in [0.05, 0.1) is 19.7 Å². The van der Waals surface area contributed by atoms with E-state index >= 15 is 0 Å². The van der Waals surface area contributed by atoms with Gasteiger partial charge in [0.25, 0.3) is 11.6 Å². The number of carbonyl (C=O) groups excluding carboxylic acids is 1. The number of ether oxygens (including phenoxy) is 1. The van der Waals surface area contributed by atoms with Crippen LogP contribution in [0.4, 0.5) is 17.6 Å². The van der Waals surface area contributed by atoms with Gasteiger partial charge in [-0.05, 0) is 65.8 Å². The van der Waals surface area contributed by atoms with Crippen LogP contribution in [0.5, 0.6) is 5.75 Å². The second kappa shape index (κ2) is 10.1. The van der Waals surface area contributed by atoms with Crippen molar-refractivity contribution >= 4 is 5.91 Å². The van der Waals surface area contributed by atoms with Crippen molar-refractivity contribution in [1.82, 2.24) is 19.7 Å². The average molecular weight is 544 g/mol. The van der Waals surface area contributed by atoms with Crippen LogP contribution < -0.4 is 15.7 Å².